The van der Waals surface area contributed by atoms with Gasteiger partial charge < -0.3 is 19.3 Å². The fourth-order valence-electron chi connectivity index (χ4n) is 3.35. The van der Waals surface area contributed by atoms with E-state index in [4.69, 9.17) is 19.0 Å². The molecule has 0 atom stereocenters. The number of pyridine rings is 1. The molecule has 0 amide bonds. The van der Waals surface area contributed by atoms with Crippen molar-refractivity contribution < 1.29 is 14.0 Å². The van der Waals surface area contributed by atoms with Gasteiger partial charge in [0.05, 0.1) is 25.3 Å². The molecule has 30 heavy (non-hydrogen) atoms. The van der Waals surface area contributed by atoms with Gasteiger partial charge in [-0.3, -0.25) is 0 Å². The lowest BCUT2D eigenvalue weighted by Gasteiger charge is -2.12. The summed E-state index contributed by atoms with van der Waals surface area (Å²) < 4.78 is 15.9. The van der Waals surface area contributed by atoms with E-state index in [-0.39, 0.29) is 0 Å². The molecule has 0 aliphatic rings. The van der Waals surface area contributed by atoms with Crippen molar-refractivity contribution in [3.05, 3.63) is 59.5 Å². The highest BCUT2D eigenvalue weighted by Gasteiger charge is 2.14. The van der Waals surface area contributed by atoms with E-state index in [0.29, 0.717) is 18.3 Å². The van der Waals surface area contributed by atoms with Crippen LogP contribution in [0.4, 0.5) is 5.82 Å². The molecule has 0 aliphatic heterocycles. The molecule has 7 nitrogen and oxygen atoms in total. The molecule has 2 heterocycles. The highest BCUT2D eigenvalue weighted by atomic mass is 16.5. The third-order valence-corrected chi connectivity index (χ3v) is 4.90. The summed E-state index contributed by atoms with van der Waals surface area (Å²) in [5.41, 5.74) is 4.03. The molecule has 154 valence electrons. The van der Waals surface area contributed by atoms with Gasteiger partial charge in [-0.1, -0.05) is 23.4 Å². The molecule has 7 heteroatoms. The molecule has 0 spiro atoms. The maximum atomic E-state index is 5.40. The Balaban J connectivity index is 1.61. The fraction of sp³-hybridized carbons (Fsp3) is 0.261. The van der Waals surface area contributed by atoms with Gasteiger partial charge in [0.15, 0.2) is 11.5 Å². The van der Waals surface area contributed by atoms with Crippen LogP contribution in [0, 0.1) is 13.8 Å². The van der Waals surface area contributed by atoms with E-state index < -0.39 is 0 Å². The second-order valence-corrected chi connectivity index (χ2v) is 7.08. The molecule has 0 saturated heterocycles. The summed E-state index contributed by atoms with van der Waals surface area (Å²) in [5, 5.41) is 8.56. The topological polar surface area (TPSA) is 82.3 Å². The van der Waals surface area contributed by atoms with E-state index in [9.17, 15) is 0 Å². The highest BCUT2D eigenvalue weighted by Crippen LogP contribution is 2.30. The van der Waals surface area contributed by atoms with Gasteiger partial charge in [-0.05, 0) is 48.7 Å². The molecule has 4 rings (SSSR count). The lowest BCUT2D eigenvalue weighted by molar-refractivity contribution is 0.354. The quantitative estimate of drug-likeness (QED) is 0.483. The third-order valence-electron chi connectivity index (χ3n) is 4.90. The number of rotatable bonds is 7. The summed E-state index contributed by atoms with van der Waals surface area (Å²) in [4.78, 5) is 9.22. The number of hydrogen-bond acceptors (Lipinski definition) is 7. The van der Waals surface area contributed by atoms with Crippen molar-refractivity contribution in [1.82, 2.24) is 15.1 Å². The summed E-state index contributed by atoms with van der Waals surface area (Å²) in [6, 6.07) is 14.2. The van der Waals surface area contributed by atoms with Crippen LogP contribution in [0.5, 0.6) is 11.5 Å². The second kappa shape index (κ2) is 8.41. The summed E-state index contributed by atoms with van der Waals surface area (Å²) in [5.74, 6) is 3.21. The van der Waals surface area contributed by atoms with Gasteiger partial charge in [-0.25, -0.2) is 4.98 Å². The maximum Gasteiger partial charge on any atom is 0.223 e. The minimum atomic E-state index is 0.519. The lowest BCUT2D eigenvalue weighted by atomic mass is 10.1. The number of nitrogens with one attached hydrogen (secondary N) is 1. The molecule has 0 aliphatic carbocycles. The number of nitrogens with zero attached hydrogens (tertiary/aromatic N) is 3. The number of ether oxygens (including phenoxy) is 2. The highest BCUT2D eigenvalue weighted by molar-refractivity contribution is 5.88. The van der Waals surface area contributed by atoms with Crippen LogP contribution in [-0.4, -0.2) is 35.9 Å². The largest absolute Gasteiger partial charge is 0.493 e. The van der Waals surface area contributed by atoms with Gasteiger partial charge in [0.1, 0.15) is 5.82 Å². The maximum absolute atomic E-state index is 5.40. The predicted octanol–water partition coefficient (Wildman–Crippen LogP) is 4.57. The molecule has 0 unspecified atom stereocenters. The average Bonchev–Trinajstić information content (AvgIpc) is 3.19. The summed E-state index contributed by atoms with van der Waals surface area (Å²) in [6.07, 6.45) is 0.790. The first-order chi connectivity index (χ1) is 14.6. The van der Waals surface area contributed by atoms with Crippen molar-refractivity contribution in [2.75, 3.05) is 26.1 Å². The molecular weight excluding hydrogens is 380 g/mol. The molecule has 0 saturated carbocycles. The first-order valence-corrected chi connectivity index (χ1v) is 9.74. The van der Waals surface area contributed by atoms with Gasteiger partial charge in [-0.2, -0.15) is 4.98 Å². The monoisotopic (exact) mass is 404 g/mol. The van der Waals surface area contributed by atoms with Gasteiger partial charge in [0.25, 0.3) is 0 Å². The van der Waals surface area contributed by atoms with Gasteiger partial charge in [-0.15, -0.1) is 0 Å². The Morgan fingerprint density at radius 3 is 2.50 bits per heavy atom. The first kappa shape index (κ1) is 19.7. The Morgan fingerprint density at radius 2 is 1.77 bits per heavy atom. The minimum Gasteiger partial charge on any atom is -0.493 e. The third kappa shape index (κ3) is 4.05. The van der Waals surface area contributed by atoms with Crippen LogP contribution in [0.2, 0.25) is 0 Å². The summed E-state index contributed by atoms with van der Waals surface area (Å²) in [7, 11) is 3.27. The van der Waals surface area contributed by atoms with E-state index >= 15 is 0 Å². The first-order valence-electron chi connectivity index (χ1n) is 9.74. The lowest BCUT2D eigenvalue weighted by Crippen LogP contribution is -2.08. The van der Waals surface area contributed by atoms with Crippen LogP contribution in [0.1, 0.15) is 17.0 Å². The standard InChI is InChI=1S/C23H24N4O3/c1-14-5-7-17-13-18(23-25-15(2)30-27-23)22(26-19(17)11-14)24-10-9-16-6-8-20(28-3)21(12-16)29-4/h5-8,11-13H,9-10H2,1-4H3,(H,24,26). The molecule has 2 aromatic carbocycles. The predicted molar refractivity (Wildman–Crippen MR) is 116 cm³/mol. The van der Waals surface area contributed by atoms with Crippen molar-refractivity contribution in [1.29, 1.82) is 0 Å². The number of anilines is 1. The molecule has 4 aromatic rings. The van der Waals surface area contributed by atoms with Crippen molar-refractivity contribution in [3.8, 4) is 22.9 Å². The molecule has 2 aromatic heterocycles. The van der Waals surface area contributed by atoms with Crippen molar-refractivity contribution >= 4 is 16.7 Å². The second-order valence-electron chi connectivity index (χ2n) is 7.08. The van der Waals surface area contributed by atoms with Crippen LogP contribution in [0.15, 0.2) is 47.0 Å². The smallest absolute Gasteiger partial charge is 0.223 e. The molecular formula is C23H24N4O3. The van der Waals surface area contributed by atoms with Crippen molar-refractivity contribution in [2.24, 2.45) is 0 Å². The number of hydrogen-bond donors (Lipinski definition) is 1. The fourth-order valence-corrected chi connectivity index (χ4v) is 3.35. The van der Waals surface area contributed by atoms with E-state index in [1.165, 1.54) is 0 Å². The normalized spacial score (nSPS) is 10.9. The Morgan fingerprint density at radius 1 is 0.933 bits per heavy atom. The zero-order valence-electron chi connectivity index (χ0n) is 17.5. The molecule has 0 bridgehead atoms. The van der Waals surface area contributed by atoms with Gasteiger partial charge in [0.2, 0.25) is 11.7 Å². The van der Waals surface area contributed by atoms with Crippen molar-refractivity contribution in [2.45, 2.75) is 20.3 Å². The zero-order valence-corrected chi connectivity index (χ0v) is 17.5. The van der Waals surface area contributed by atoms with E-state index in [1.807, 2.05) is 24.3 Å². The van der Waals surface area contributed by atoms with Crippen LogP contribution in [0.25, 0.3) is 22.3 Å². The average molecular weight is 404 g/mol. The summed E-state index contributed by atoms with van der Waals surface area (Å²) in [6.45, 7) is 4.52. The minimum absolute atomic E-state index is 0.519. The molecule has 1 N–H and O–H groups in total. The van der Waals surface area contributed by atoms with Crippen LogP contribution in [0.3, 0.4) is 0 Å². The number of aromatic nitrogens is 3. The number of fused-ring (bicyclic) bond motifs is 1. The SMILES string of the molecule is COc1ccc(CCNc2nc3cc(C)ccc3cc2-c2noc(C)n2)cc1OC. The van der Waals surface area contributed by atoms with Gasteiger partial charge in [0, 0.05) is 18.9 Å². The van der Waals surface area contributed by atoms with Crippen molar-refractivity contribution in [3.63, 3.8) is 0 Å². The Hall–Kier alpha value is -3.61. The number of methoxy groups -OCH3 is 2. The van der Waals surface area contributed by atoms with E-state index in [0.717, 1.165) is 51.3 Å². The summed E-state index contributed by atoms with van der Waals surface area (Å²) >= 11 is 0. The molecule has 0 radical (unpaired) electrons. The van der Waals surface area contributed by atoms with Crippen LogP contribution in [-0.2, 0) is 6.42 Å². The Labute approximate surface area is 175 Å². The van der Waals surface area contributed by atoms with E-state index in [2.05, 4.69) is 40.6 Å². The van der Waals surface area contributed by atoms with Crippen LogP contribution >= 0.6 is 0 Å². The zero-order chi connectivity index (χ0) is 21.1. The Bertz CT molecular complexity index is 1190. The van der Waals surface area contributed by atoms with E-state index in [1.54, 1.807) is 21.1 Å². The number of aryl methyl sites for hydroxylation is 2. The van der Waals surface area contributed by atoms with Crippen LogP contribution < -0.4 is 14.8 Å². The molecule has 0 fully saturated rings. The number of benzene rings is 2. The van der Waals surface area contributed by atoms with Gasteiger partial charge >= 0.3 is 0 Å². The Kier molecular flexibility index (Phi) is 5.52.